The molecule has 0 spiro atoms. The van der Waals surface area contributed by atoms with Crippen LogP contribution < -0.4 is 15.6 Å². The molecule has 5 nitrogen and oxygen atoms in total. The van der Waals surface area contributed by atoms with Gasteiger partial charge in [0.05, 0.1) is 12.3 Å². The molecule has 0 saturated carbocycles. The maximum Gasteiger partial charge on any atom is 0.187 e. The average Bonchev–Trinajstić information content (AvgIpc) is 3.14. The zero-order chi connectivity index (χ0) is 17.9. The van der Waals surface area contributed by atoms with Crippen LogP contribution in [0.25, 0.3) is 0 Å². The lowest BCUT2D eigenvalue weighted by atomic mass is 10.2. The first kappa shape index (κ1) is 19.7. The molecular weight excluding hydrogens is 332 g/mol. The number of benzene rings is 1. The van der Waals surface area contributed by atoms with E-state index in [1.165, 1.54) is 5.69 Å². The van der Waals surface area contributed by atoms with Gasteiger partial charge in [-0.15, -0.1) is 0 Å². The molecule has 0 radical (unpaired) electrons. The van der Waals surface area contributed by atoms with E-state index in [4.69, 9.17) is 17.0 Å². The molecule has 1 aromatic rings. The molecule has 1 aliphatic heterocycles. The predicted molar refractivity (Wildman–Crippen MR) is 110 cm³/mol. The number of ether oxygens (including phenoxy) is 1. The van der Waals surface area contributed by atoms with Gasteiger partial charge in [-0.1, -0.05) is 26.0 Å². The Morgan fingerprint density at radius 2 is 2.00 bits per heavy atom. The summed E-state index contributed by atoms with van der Waals surface area (Å²) in [6.07, 6.45) is 6.60. The monoisotopic (exact) mass is 362 g/mol. The van der Waals surface area contributed by atoms with Gasteiger partial charge in [0, 0.05) is 31.9 Å². The highest BCUT2D eigenvalue weighted by Crippen LogP contribution is 2.15. The highest BCUT2D eigenvalue weighted by Gasteiger charge is 2.14. The second kappa shape index (κ2) is 11.1. The number of nitrogens with zero attached hydrogens (tertiary/aromatic N) is 2. The number of nitrogens with one attached hydrogen (secondary N) is 2. The van der Waals surface area contributed by atoms with Crippen LogP contribution in [-0.4, -0.2) is 43.7 Å². The highest BCUT2D eigenvalue weighted by atomic mass is 32.1. The number of hydrogen-bond donors (Lipinski definition) is 2. The first-order chi connectivity index (χ1) is 12.2. The summed E-state index contributed by atoms with van der Waals surface area (Å²) in [7, 11) is 0. The Labute approximate surface area is 156 Å². The van der Waals surface area contributed by atoms with Crippen molar-refractivity contribution in [3.05, 3.63) is 29.8 Å². The third-order valence-corrected chi connectivity index (χ3v) is 4.37. The SMILES string of the molecule is CCCN(CCC)c1ccc(/C=N\NC(=S)NC[C@H]2CCCO2)cc1. The van der Waals surface area contributed by atoms with E-state index in [2.05, 4.69) is 58.9 Å². The fraction of sp³-hybridized carbons (Fsp3) is 0.579. The van der Waals surface area contributed by atoms with Crippen molar-refractivity contribution < 1.29 is 4.74 Å². The van der Waals surface area contributed by atoms with Gasteiger partial charge in [0.25, 0.3) is 0 Å². The van der Waals surface area contributed by atoms with Gasteiger partial charge >= 0.3 is 0 Å². The fourth-order valence-corrected chi connectivity index (χ4v) is 3.03. The summed E-state index contributed by atoms with van der Waals surface area (Å²) in [6, 6.07) is 8.48. The van der Waals surface area contributed by atoms with Crippen LogP contribution in [0.4, 0.5) is 5.69 Å². The van der Waals surface area contributed by atoms with Crippen molar-refractivity contribution in [3.63, 3.8) is 0 Å². The maximum absolute atomic E-state index is 5.55. The Balaban J connectivity index is 1.77. The van der Waals surface area contributed by atoms with E-state index in [-0.39, 0.29) is 6.10 Å². The molecule has 1 fully saturated rings. The number of rotatable bonds is 9. The van der Waals surface area contributed by atoms with Crippen LogP contribution in [0.3, 0.4) is 0 Å². The quantitative estimate of drug-likeness (QED) is 0.401. The number of hydrogen-bond acceptors (Lipinski definition) is 4. The van der Waals surface area contributed by atoms with E-state index in [0.717, 1.165) is 57.5 Å². The lowest BCUT2D eigenvalue weighted by Crippen LogP contribution is -2.37. The van der Waals surface area contributed by atoms with Gasteiger partial charge < -0.3 is 15.0 Å². The van der Waals surface area contributed by atoms with Gasteiger partial charge in [-0.2, -0.15) is 5.10 Å². The van der Waals surface area contributed by atoms with Crippen LogP contribution in [0.15, 0.2) is 29.4 Å². The minimum absolute atomic E-state index is 0.269. The molecule has 0 aliphatic carbocycles. The van der Waals surface area contributed by atoms with Crippen LogP contribution >= 0.6 is 12.2 Å². The van der Waals surface area contributed by atoms with Crippen molar-refractivity contribution >= 4 is 29.2 Å². The van der Waals surface area contributed by atoms with E-state index < -0.39 is 0 Å². The Hall–Kier alpha value is -1.66. The smallest absolute Gasteiger partial charge is 0.187 e. The van der Waals surface area contributed by atoms with Gasteiger partial charge in [-0.05, 0) is 55.6 Å². The molecule has 0 aromatic heterocycles. The van der Waals surface area contributed by atoms with E-state index in [1.54, 1.807) is 6.21 Å². The van der Waals surface area contributed by atoms with Crippen LogP contribution in [-0.2, 0) is 4.74 Å². The fourth-order valence-electron chi connectivity index (χ4n) is 2.90. The topological polar surface area (TPSA) is 48.9 Å². The van der Waals surface area contributed by atoms with Crippen molar-refractivity contribution in [3.8, 4) is 0 Å². The molecule has 0 bridgehead atoms. The summed E-state index contributed by atoms with van der Waals surface area (Å²) < 4.78 is 5.55. The zero-order valence-electron chi connectivity index (χ0n) is 15.3. The lowest BCUT2D eigenvalue weighted by Gasteiger charge is -2.23. The van der Waals surface area contributed by atoms with Crippen molar-refractivity contribution in [1.82, 2.24) is 10.7 Å². The standard InChI is InChI=1S/C19H30N4OS/c1-3-11-23(12-4-2)17-9-7-16(8-10-17)14-21-22-19(25)20-15-18-6-5-13-24-18/h7-10,14,18H,3-6,11-13,15H2,1-2H3,(H2,20,22,25)/b21-14-/t18-/m1/s1. The molecule has 2 N–H and O–H groups in total. The molecule has 1 heterocycles. The molecule has 138 valence electrons. The van der Waals surface area contributed by atoms with Gasteiger partial charge in [-0.3, -0.25) is 5.43 Å². The van der Waals surface area contributed by atoms with E-state index >= 15 is 0 Å². The van der Waals surface area contributed by atoms with Crippen LogP contribution in [0.2, 0.25) is 0 Å². The van der Waals surface area contributed by atoms with Gasteiger partial charge in [0.15, 0.2) is 5.11 Å². The molecule has 2 rings (SSSR count). The van der Waals surface area contributed by atoms with Crippen LogP contribution in [0, 0.1) is 0 Å². The van der Waals surface area contributed by atoms with Gasteiger partial charge in [0.2, 0.25) is 0 Å². The van der Waals surface area contributed by atoms with Crippen molar-refractivity contribution in [2.45, 2.75) is 45.6 Å². The number of anilines is 1. The third kappa shape index (κ3) is 7.00. The van der Waals surface area contributed by atoms with Gasteiger partial charge in [0.1, 0.15) is 0 Å². The predicted octanol–water partition coefficient (Wildman–Crippen LogP) is 3.29. The van der Waals surface area contributed by atoms with Crippen molar-refractivity contribution in [2.24, 2.45) is 5.10 Å². The summed E-state index contributed by atoms with van der Waals surface area (Å²) in [5.41, 5.74) is 5.17. The Kier molecular flexibility index (Phi) is 8.69. The highest BCUT2D eigenvalue weighted by molar-refractivity contribution is 7.80. The molecule has 25 heavy (non-hydrogen) atoms. The summed E-state index contributed by atoms with van der Waals surface area (Å²) in [5.74, 6) is 0. The molecule has 1 aliphatic rings. The minimum atomic E-state index is 0.269. The van der Waals surface area contributed by atoms with E-state index in [0.29, 0.717) is 5.11 Å². The molecule has 1 atom stereocenters. The van der Waals surface area contributed by atoms with E-state index in [1.807, 2.05) is 0 Å². The summed E-state index contributed by atoms with van der Waals surface area (Å²) in [6.45, 7) is 8.20. The molecule has 0 amide bonds. The third-order valence-electron chi connectivity index (χ3n) is 4.14. The summed E-state index contributed by atoms with van der Waals surface area (Å²) >= 11 is 5.22. The van der Waals surface area contributed by atoms with Crippen LogP contribution in [0.5, 0.6) is 0 Å². The second-order valence-corrected chi connectivity index (χ2v) is 6.70. The minimum Gasteiger partial charge on any atom is -0.376 e. The molecule has 6 heteroatoms. The number of hydrazone groups is 1. The first-order valence-electron chi connectivity index (χ1n) is 9.26. The number of thiocarbonyl (C=S) groups is 1. The second-order valence-electron chi connectivity index (χ2n) is 6.29. The average molecular weight is 363 g/mol. The summed E-state index contributed by atoms with van der Waals surface area (Å²) in [5, 5.41) is 7.87. The Morgan fingerprint density at radius 1 is 1.28 bits per heavy atom. The normalized spacial score (nSPS) is 17.0. The molecule has 0 unspecified atom stereocenters. The zero-order valence-corrected chi connectivity index (χ0v) is 16.1. The Morgan fingerprint density at radius 3 is 2.60 bits per heavy atom. The summed E-state index contributed by atoms with van der Waals surface area (Å²) in [4.78, 5) is 2.42. The molecule has 1 saturated heterocycles. The van der Waals surface area contributed by atoms with Crippen LogP contribution in [0.1, 0.15) is 45.1 Å². The van der Waals surface area contributed by atoms with Crippen molar-refractivity contribution in [2.75, 3.05) is 31.1 Å². The lowest BCUT2D eigenvalue weighted by molar-refractivity contribution is 0.114. The maximum atomic E-state index is 5.55. The van der Waals surface area contributed by atoms with Crippen molar-refractivity contribution in [1.29, 1.82) is 0 Å². The Bertz CT molecular complexity index is 535. The molecular formula is C19H30N4OS. The first-order valence-corrected chi connectivity index (χ1v) is 9.67. The van der Waals surface area contributed by atoms with E-state index in [9.17, 15) is 0 Å². The molecule has 1 aromatic carbocycles. The largest absolute Gasteiger partial charge is 0.376 e. The van der Waals surface area contributed by atoms with Gasteiger partial charge in [-0.25, -0.2) is 0 Å².